The largest absolute Gasteiger partial charge is 0.323 e. The predicted molar refractivity (Wildman–Crippen MR) is 55.7 cm³/mol. The minimum atomic E-state index is 0.111. The average molecular weight is 199 g/mol. The van der Waals surface area contributed by atoms with Gasteiger partial charge in [-0.05, 0) is 23.9 Å². The van der Waals surface area contributed by atoms with Crippen molar-refractivity contribution in [2.24, 2.45) is 11.7 Å². The summed E-state index contributed by atoms with van der Waals surface area (Å²) in [6.07, 6.45) is 2.03. The Bertz CT molecular complexity index is 259. The number of aromatic nitrogens is 2. The molecule has 13 heavy (non-hydrogen) atoms. The lowest BCUT2D eigenvalue weighted by Gasteiger charge is -2.16. The molecule has 0 fully saturated rings. The van der Waals surface area contributed by atoms with E-state index < -0.39 is 0 Å². The molecule has 74 valence electrons. The van der Waals surface area contributed by atoms with E-state index in [0.29, 0.717) is 5.92 Å². The Kier molecular flexibility index (Phi) is 3.81. The normalized spacial score (nSPS) is 15.7. The summed E-state index contributed by atoms with van der Waals surface area (Å²) in [5, 5.41) is 4.06. The molecule has 3 nitrogen and oxygen atoms in total. The van der Waals surface area contributed by atoms with Gasteiger partial charge < -0.3 is 5.73 Å². The smallest absolute Gasteiger partial charge is 0.0801 e. The molecule has 0 aliphatic heterocycles. The lowest BCUT2D eigenvalue weighted by Crippen LogP contribution is -2.18. The van der Waals surface area contributed by atoms with Crippen molar-refractivity contribution >= 4 is 11.5 Å². The van der Waals surface area contributed by atoms with Gasteiger partial charge in [-0.1, -0.05) is 31.7 Å². The number of nitrogens with zero attached hydrogens (tertiary/aromatic N) is 2. The Morgan fingerprint density at radius 1 is 1.46 bits per heavy atom. The van der Waals surface area contributed by atoms with Crippen LogP contribution in [0.4, 0.5) is 0 Å². The first kappa shape index (κ1) is 10.6. The summed E-state index contributed by atoms with van der Waals surface area (Å²) in [4.78, 5) is 1.16. The van der Waals surface area contributed by atoms with Gasteiger partial charge in [0.2, 0.25) is 0 Å². The van der Waals surface area contributed by atoms with Gasteiger partial charge in [-0.25, -0.2) is 0 Å². The van der Waals surface area contributed by atoms with Crippen molar-refractivity contribution in [3.8, 4) is 0 Å². The van der Waals surface area contributed by atoms with E-state index in [1.165, 1.54) is 11.5 Å². The van der Waals surface area contributed by atoms with Crippen molar-refractivity contribution in [3.05, 3.63) is 10.6 Å². The molecule has 0 aromatic carbocycles. The molecule has 2 N–H and O–H groups in total. The maximum absolute atomic E-state index is 6.10. The van der Waals surface area contributed by atoms with Crippen molar-refractivity contribution in [1.29, 1.82) is 0 Å². The zero-order valence-electron chi connectivity index (χ0n) is 8.45. The van der Waals surface area contributed by atoms with Crippen LogP contribution in [-0.4, -0.2) is 9.59 Å². The molecule has 0 spiro atoms. The predicted octanol–water partition coefficient (Wildman–Crippen LogP) is 2.15. The zero-order valence-corrected chi connectivity index (χ0v) is 9.27. The molecule has 0 saturated heterocycles. The van der Waals surface area contributed by atoms with Gasteiger partial charge in [-0.3, -0.25) is 0 Å². The quantitative estimate of drug-likeness (QED) is 0.808. The Morgan fingerprint density at radius 2 is 2.15 bits per heavy atom. The second-order valence-electron chi connectivity index (χ2n) is 3.35. The second-order valence-corrected chi connectivity index (χ2v) is 4.13. The van der Waals surface area contributed by atoms with Crippen LogP contribution >= 0.6 is 11.5 Å². The number of nitrogens with two attached hydrogens (primary N) is 1. The molecular weight excluding hydrogens is 182 g/mol. The molecule has 0 bridgehead atoms. The fourth-order valence-electron chi connectivity index (χ4n) is 1.23. The highest BCUT2D eigenvalue weighted by molar-refractivity contribution is 7.05. The lowest BCUT2D eigenvalue weighted by molar-refractivity contribution is 0.459. The third-order valence-corrected chi connectivity index (χ3v) is 3.35. The number of hydrogen-bond donors (Lipinski definition) is 1. The van der Waals surface area contributed by atoms with Crippen molar-refractivity contribution in [3.63, 3.8) is 0 Å². The van der Waals surface area contributed by atoms with Crippen LogP contribution in [0.25, 0.3) is 0 Å². The van der Waals surface area contributed by atoms with Gasteiger partial charge in [0.15, 0.2) is 0 Å². The van der Waals surface area contributed by atoms with Crippen molar-refractivity contribution < 1.29 is 0 Å². The van der Waals surface area contributed by atoms with Crippen LogP contribution in [0, 0.1) is 5.92 Å². The first-order chi connectivity index (χ1) is 6.20. The molecule has 1 heterocycles. The maximum Gasteiger partial charge on any atom is 0.0801 e. The van der Waals surface area contributed by atoms with Gasteiger partial charge in [0.1, 0.15) is 0 Å². The fourth-order valence-corrected chi connectivity index (χ4v) is 2.10. The summed E-state index contributed by atoms with van der Waals surface area (Å²) in [7, 11) is 0. The Balaban J connectivity index is 2.81. The molecule has 0 amide bonds. The summed E-state index contributed by atoms with van der Waals surface area (Å²) >= 11 is 1.44. The molecule has 0 radical (unpaired) electrons. The first-order valence-electron chi connectivity index (χ1n) is 4.77. The van der Waals surface area contributed by atoms with E-state index in [4.69, 9.17) is 5.73 Å². The molecule has 1 aromatic heterocycles. The number of aryl methyl sites for hydroxylation is 1. The van der Waals surface area contributed by atoms with Crippen LogP contribution in [0.1, 0.15) is 43.8 Å². The van der Waals surface area contributed by atoms with Crippen molar-refractivity contribution in [2.45, 2.75) is 39.7 Å². The summed E-state index contributed by atoms with van der Waals surface area (Å²) < 4.78 is 3.94. The van der Waals surface area contributed by atoms with E-state index in [2.05, 4.69) is 30.4 Å². The molecule has 0 aliphatic carbocycles. The minimum Gasteiger partial charge on any atom is -0.323 e. The standard InChI is InChI=1S/C9H17N3S/c1-4-6(3)8(10)9-7(5-2)11-12-13-9/h6,8H,4-5,10H2,1-3H3. The maximum atomic E-state index is 6.10. The molecule has 4 heteroatoms. The summed E-state index contributed by atoms with van der Waals surface area (Å²) in [5.41, 5.74) is 7.17. The third-order valence-electron chi connectivity index (χ3n) is 2.48. The Morgan fingerprint density at radius 3 is 2.69 bits per heavy atom. The van der Waals surface area contributed by atoms with Gasteiger partial charge >= 0.3 is 0 Å². The molecule has 2 unspecified atom stereocenters. The van der Waals surface area contributed by atoms with Gasteiger partial charge in [0.05, 0.1) is 10.6 Å². The van der Waals surface area contributed by atoms with E-state index in [0.717, 1.165) is 23.4 Å². The third kappa shape index (κ3) is 2.25. The molecule has 1 rings (SSSR count). The lowest BCUT2D eigenvalue weighted by atomic mass is 9.97. The molecule has 2 atom stereocenters. The minimum absolute atomic E-state index is 0.111. The zero-order chi connectivity index (χ0) is 9.84. The van der Waals surface area contributed by atoms with Crippen LogP contribution in [-0.2, 0) is 6.42 Å². The van der Waals surface area contributed by atoms with Crippen LogP contribution in [0.5, 0.6) is 0 Å². The highest BCUT2D eigenvalue weighted by Gasteiger charge is 2.18. The van der Waals surface area contributed by atoms with E-state index in [1.807, 2.05) is 0 Å². The van der Waals surface area contributed by atoms with E-state index in [9.17, 15) is 0 Å². The Labute approximate surface area is 83.5 Å². The molecular formula is C9H17N3S. The number of hydrogen-bond acceptors (Lipinski definition) is 4. The fraction of sp³-hybridized carbons (Fsp3) is 0.778. The molecule has 1 aromatic rings. The monoisotopic (exact) mass is 199 g/mol. The van der Waals surface area contributed by atoms with Gasteiger partial charge in [0, 0.05) is 6.04 Å². The topological polar surface area (TPSA) is 51.8 Å². The van der Waals surface area contributed by atoms with Gasteiger partial charge in [-0.15, -0.1) is 5.10 Å². The summed E-state index contributed by atoms with van der Waals surface area (Å²) in [6.45, 7) is 6.41. The van der Waals surface area contributed by atoms with Crippen LogP contribution < -0.4 is 5.73 Å². The van der Waals surface area contributed by atoms with Crippen LogP contribution in [0.15, 0.2) is 0 Å². The Hall–Kier alpha value is -0.480. The highest BCUT2D eigenvalue weighted by atomic mass is 32.1. The SMILES string of the molecule is CCc1nnsc1C(N)C(C)CC. The summed E-state index contributed by atoms with van der Waals surface area (Å²) in [5.74, 6) is 0.507. The second kappa shape index (κ2) is 4.67. The highest BCUT2D eigenvalue weighted by Crippen LogP contribution is 2.26. The average Bonchev–Trinajstić information content (AvgIpc) is 2.62. The van der Waals surface area contributed by atoms with Gasteiger partial charge in [0.25, 0.3) is 0 Å². The molecule has 0 saturated carbocycles. The van der Waals surface area contributed by atoms with Crippen LogP contribution in [0.3, 0.4) is 0 Å². The first-order valence-corrected chi connectivity index (χ1v) is 5.54. The van der Waals surface area contributed by atoms with E-state index in [1.54, 1.807) is 0 Å². The van der Waals surface area contributed by atoms with Crippen molar-refractivity contribution in [2.75, 3.05) is 0 Å². The molecule has 0 aliphatic rings. The van der Waals surface area contributed by atoms with Crippen LogP contribution in [0.2, 0.25) is 0 Å². The number of rotatable bonds is 4. The van der Waals surface area contributed by atoms with E-state index in [-0.39, 0.29) is 6.04 Å². The van der Waals surface area contributed by atoms with Gasteiger partial charge in [-0.2, -0.15) is 0 Å². The van der Waals surface area contributed by atoms with E-state index >= 15 is 0 Å². The summed E-state index contributed by atoms with van der Waals surface area (Å²) in [6, 6.07) is 0.111. The van der Waals surface area contributed by atoms with Crippen molar-refractivity contribution in [1.82, 2.24) is 9.59 Å².